The van der Waals surface area contributed by atoms with Crippen LogP contribution in [0, 0.1) is 17.8 Å². The van der Waals surface area contributed by atoms with Gasteiger partial charge in [0.2, 0.25) is 0 Å². The number of nitrogens with one attached hydrogen (secondary N) is 1. The molecule has 15 heavy (non-hydrogen) atoms. The third-order valence-electron chi connectivity index (χ3n) is 3.76. The highest BCUT2D eigenvalue weighted by atomic mass is 15.1. The Morgan fingerprint density at radius 2 is 1.80 bits per heavy atom. The normalized spacial score (nSPS) is 21.8. The van der Waals surface area contributed by atoms with Crippen molar-refractivity contribution in [2.45, 2.75) is 40.2 Å². The predicted molar refractivity (Wildman–Crippen MR) is 67.1 cm³/mol. The molecule has 0 radical (unpaired) electrons. The van der Waals surface area contributed by atoms with Gasteiger partial charge in [-0.2, -0.15) is 0 Å². The van der Waals surface area contributed by atoms with E-state index in [1.54, 1.807) is 0 Å². The van der Waals surface area contributed by atoms with Gasteiger partial charge in [-0.15, -0.1) is 0 Å². The zero-order chi connectivity index (χ0) is 11.4. The number of nitrogens with zero attached hydrogens (tertiary/aromatic N) is 1. The molecule has 1 N–H and O–H groups in total. The van der Waals surface area contributed by atoms with E-state index in [-0.39, 0.29) is 0 Å². The van der Waals surface area contributed by atoms with Crippen molar-refractivity contribution in [3.8, 4) is 0 Å². The van der Waals surface area contributed by atoms with Crippen molar-refractivity contribution in [3.05, 3.63) is 0 Å². The molecule has 0 spiro atoms. The van der Waals surface area contributed by atoms with Crippen LogP contribution in [-0.4, -0.2) is 37.6 Å². The van der Waals surface area contributed by atoms with Crippen LogP contribution in [0.25, 0.3) is 0 Å². The van der Waals surface area contributed by atoms with Gasteiger partial charge in [0.15, 0.2) is 0 Å². The molecule has 0 saturated carbocycles. The summed E-state index contributed by atoms with van der Waals surface area (Å²) in [6, 6.07) is 0.723. The quantitative estimate of drug-likeness (QED) is 0.726. The molecule has 0 aromatic rings. The van der Waals surface area contributed by atoms with E-state index in [0.29, 0.717) is 0 Å². The maximum atomic E-state index is 3.36. The van der Waals surface area contributed by atoms with E-state index in [1.165, 1.54) is 26.1 Å². The van der Waals surface area contributed by atoms with E-state index in [2.05, 4.69) is 45.0 Å². The molecule has 1 aliphatic heterocycles. The Hall–Kier alpha value is -0.0800. The van der Waals surface area contributed by atoms with Crippen LogP contribution < -0.4 is 5.32 Å². The van der Waals surface area contributed by atoms with Crippen molar-refractivity contribution in [1.29, 1.82) is 0 Å². The van der Waals surface area contributed by atoms with Crippen LogP contribution in [0.4, 0.5) is 0 Å². The van der Waals surface area contributed by atoms with E-state index < -0.39 is 0 Å². The van der Waals surface area contributed by atoms with Crippen LogP contribution >= 0.6 is 0 Å². The first-order valence-corrected chi connectivity index (χ1v) is 6.41. The number of rotatable bonds is 6. The predicted octanol–water partition coefficient (Wildman–Crippen LogP) is 2.21. The summed E-state index contributed by atoms with van der Waals surface area (Å²) in [5.41, 5.74) is 0. The second-order valence-electron chi connectivity index (χ2n) is 5.81. The maximum absolute atomic E-state index is 3.36. The Morgan fingerprint density at radius 1 is 1.20 bits per heavy atom. The smallest absolute Gasteiger partial charge is 0.00664 e. The summed E-state index contributed by atoms with van der Waals surface area (Å²) in [7, 11) is 2.27. The van der Waals surface area contributed by atoms with E-state index >= 15 is 0 Å². The van der Waals surface area contributed by atoms with Gasteiger partial charge in [0.1, 0.15) is 0 Å². The largest absolute Gasteiger partial charge is 0.316 e. The van der Waals surface area contributed by atoms with Gasteiger partial charge in [0.05, 0.1) is 0 Å². The molecule has 2 heteroatoms. The Morgan fingerprint density at radius 3 is 2.20 bits per heavy atom. The first-order chi connectivity index (χ1) is 7.00. The molecular weight excluding hydrogens is 184 g/mol. The van der Waals surface area contributed by atoms with E-state index in [1.807, 2.05) is 0 Å². The fourth-order valence-corrected chi connectivity index (χ4v) is 2.36. The minimum Gasteiger partial charge on any atom is -0.316 e. The lowest BCUT2D eigenvalue weighted by Crippen LogP contribution is -2.48. The summed E-state index contributed by atoms with van der Waals surface area (Å²) in [4.78, 5) is 2.53. The summed E-state index contributed by atoms with van der Waals surface area (Å²) in [5, 5.41) is 3.36. The van der Waals surface area contributed by atoms with Crippen LogP contribution in [0.3, 0.4) is 0 Å². The topological polar surface area (TPSA) is 15.3 Å². The molecule has 1 heterocycles. The monoisotopic (exact) mass is 212 g/mol. The average Bonchev–Trinajstić information content (AvgIpc) is 1.98. The fraction of sp³-hybridized carbons (Fsp3) is 1.00. The minimum absolute atomic E-state index is 0.723. The van der Waals surface area contributed by atoms with E-state index in [0.717, 1.165) is 23.8 Å². The lowest BCUT2D eigenvalue weighted by Gasteiger charge is -2.36. The SMILES string of the molecule is CC(C)CC(C)N(C)CC(C)C1CNC1. The number of hydrogen-bond donors (Lipinski definition) is 1. The molecule has 0 aromatic carbocycles. The molecule has 0 amide bonds. The molecule has 90 valence electrons. The van der Waals surface area contributed by atoms with Crippen LogP contribution in [-0.2, 0) is 0 Å². The molecule has 1 fully saturated rings. The van der Waals surface area contributed by atoms with E-state index in [4.69, 9.17) is 0 Å². The van der Waals surface area contributed by atoms with Crippen molar-refractivity contribution in [3.63, 3.8) is 0 Å². The van der Waals surface area contributed by atoms with Gasteiger partial charge in [0.25, 0.3) is 0 Å². The van der Waals surface area contributed by atoms with Gasteiger partial charge in [-0.1, -0.05) is 20.8 Å². The molecule has 2 nitrogen and oxygen atoms in total. The van der Waals surface area contributed by atoms with Gasteiger partial charge >= 0.3 is 0 Å². The molecule has 1 rings (SSSR count). The van der Waals surface area contributed by atoms with Crippen LogP contribution in [0.5, 0.6) is 0 Å². The first-order valence-electron chi connectivity index (χ1n) is 6.41. The van der Waals surface area contributed by atoms with Crippen molar-refractivity contribution < 1.29 is 0 Å². The Balaban J connectivity index is 2.23. The van der Waals surface area contributed by atoms with Crippen molar-refractivity contribution in [2.75, 3.05) is 26.7 Å². The average molecular weight is 212 g/mol. The van der Waals surface area contributed by atoms with Gasteiger partial charge in [-0.3, -0.25) is 0 Å². The first kappa shape index (κ1) is 13.0. The van der Waals surface area contributed by atoms with Crippen LogP contribution in [0.1, 0.15) is 34.1 Å². The Kier molecular flexibility index (Phi) is 5.07. The van der Waals surface area contributed by atoms with E-state index in [9.17, 15) is 0 Å². The summed E-state index contributed by atoms with van der Waals surface area (Å²) < 4.78 is 0. The third kappa shape index (κ3) is 4.12. The van der Waals surface area contributed by atoms with Crippen molar-refractivity contribution in [2.24, 2.45) is 17.8 Å². The summed E-state index contributed by atoms with van der Waals surface area (Å²) >= 11 is 0. The summed E-state index contributed by atoms with van der Waals surface area (Å²) in [6.07, 6.45) is 1.31. The van der Waals surface area contributed by atoms with Crippen molar-refractivity contribution in [1.82, 2.24) is 10.2 Å². The summed E-state index contributed by atoms with van der Waals surface area (Å²) in [5.74, 6) is 2.56. The molecule has 1 saturated heterocycles. The fourth-order valence-electron chi connectivity index (χ4n) is 2.36. The third-order valence-corrected chi connectivity index (χ3v) is 3.76. The zero-order valence-electron chi connectivity index (χ0n) is 11.1. The minimum atomic E-state index is 0.723. The highest BCUT2D eigenvalue weighted by Gasteiger charge is 2.25. The van der Waals surface area contributed by atoms with Crippen LogP contribution in [0.15, 0.2) is 0 Å². The molecule has 2 unspecified atom stereocenters. The maximum Gasteiger partial charge on any atom is 0.00664 e. The highest BCUT2D eigenvalue weighted by molar-refractivity contribution is 4.81. The second-order valence-corrected chi connectivity index (χ2v) is 5.81. The molecular formula is C13H28N2. The Labute approximate surface area is 95.4 Å². The number of hydrogen-bond acceptors (Lipinski definition) is 2. The van der Waals surface area contributed by atoms with Gasteiger partial charge < -0.3 is 10.2 Å². The van der Waals surface area contributed by atoms with Gasteiger partial charge in [-0.05, 0) is 51.2 Å². The van der Waals surface area contributed by atoms with Crippen LogP contribution in [0.2, 0.25) is 0 Å². The standard InChI is InChI=1S/C13H28N2/c1-10(2)6-12(4)15(5)9-11(3)13-7-14-8-13/h10-14H,6-9H2,1-5H3. The second kappa shape index (κ2) is 5.86. The molecule has 0 aliphatic carbocycles. The molecule has 0 aromatic heterocycles. The van der Waals surface area contributed by atoms with Crippen molar-refractivity contribution >= 4 is 0 Å². The Bertz CT molecular complexity index is 175. The molecule has 0 bridgehead atoms. The van der Waals surface area contributed by atoms with Gasteiger partial charge in [0, 0.05) is 12.6 Å². The highest BCUT2D eigenvalue weighted by Crippen LogP contribution is 2.18. The lowest BCUT2D eigenvalue weighted by molar-refractivity contribution is 0.149. The zero-order valence-corrected chi connectivity index (χ0v) is 11.1. The molecule has 1 aliphatic rings. The molecule has 2 atom stereocenters. The van der Waals surface area contributed by atoms with Gasteiger partial charge in [-0.25, -0.2) is 0 Å². The summed E-state index contributed by atoms with van der Waals surface area (Å²) in [6.45, 7) is 13.1. The lowest BCUT2D eigenvalue weighted by atomic mass is 9.88.